The number of halogens is 2. The molecule has 0 radical (unpaired) electrons. The Morgan fingerprint density at radius 2 is 2.21 bits per heavy atom. The molecule has 1 rings (SSSR count). The Balaban J connectivity index is 3.21. The zero-order valence-electron chi connectivity index (χ0n) is 7.42. The van der Waals surface area contributed by atoms with Gasteiger partial charge in [0.05, 0.1) is 5.02 Å². The van der Waals surface area contributed by atoms with E-state index in [1.165, 1.54) is 6.92 Å². The number of aliphatic carboxylic acids is 1. The number of carboxylic acids is 1. The Kier molecular flexibility index (Phi) is 3.19. The summed E-state index contributed by atoms with van der Waals surface area (Å²) in [4.78, 5) is 10.8. The molecule has 0 aliphatic heterocycles. The van der Waals surface area contributed by atoms with Crippen molar-refractivity contribution in [3.8, 4) is 0 Å². The van der Waals surface area contributed by atoms with E-state index < -0.39 is 11.5 Å². The quantitative estimate of drug-likeness (QED) is 0.873. The molecule has 0 aliphatic rings. The van der Waals surface area contributed by atoms with Gasteiger partial charge in [0.1, 0.15) is 5.54 Å². The normalized spacial score (nSPS) is 14.9. The molecule has 1 atom stereocenters. The minimum absolute atomic E-state index is 0.501. The minimum atomic E-state index is -1.40. The number of hydrogen-bond acceptors (Lipinski definition) is 2. The lowest BCUT2D eigenvalue weighted by Gasteiger charge is -2.19. The van der Waals surface area contributed by atoms with Gasteiger partial charge in [0, 0.05) is 4.47 Å². The molecule has 0 aliphatic carbocycles. The molecule has 0 spiro atoms. The van der Waals surface area contributed by atoms with Crippen molar-refractivity contribution in [2.24, 2.45) is 5.73 Å². The molecule has 3 N–H and O–H groups in total. The van der Waals surface area contributed by atoms with E-state index >= 15 is 0 Å². The molecule has 0 saturated carbocycles. The fourth-order valence-electron chi connectivity index (χ4n) is 0.943. The first-order valence-electron chi connectivity index (χ1n) is 3.83. The zero-order chi connectivity index (χ0) is 10.9. The highest BCUT2D eigenvalue weighted by Crippen LogP contribution is 2.27. The predicted molar refractivity (Wildman–Crippen MR) is 58.3 cm³/mol. The average Bonchev–Trinajstić information content (AvgIpc) is 2.09. The highest BCUT2D eigenvalue weighted by atomic mass is 79.9. The van der Waals surface area contributed by atoms with Crippen LogP contribution in [0.2, 0.25) is 5.02 Å². The predicted octanol–water partition coefficient (Wildman–Crippen LogP) is 2.36. The monoisotopic (exact) mass is 277 g/mol. The van der Waals surface area contributed by atoms with Gasteiger partial charge < -0.3 is 10.8 Å². The smallest absolute Gasteiger partial charge is 0.328 e. The molecule has 0 fully saturated rings. The van der Waals surface area contributed by atoms with Gasteiger partial charge in [-0.25, -0.2) is 4.79 Å². The molecule has 76 valence electrons. The number of carbonyl (C=O) groups is 1. The Labute approximate surface area is 95.0 Å². The maximum atomic E-state index is 10.8. The van der Waals surface area contributed by atoms with E-state index in [2.05, 4.69) is 15.9 Å². The first-order valence-corrected chi connectivity index (χ1v) is 5.00. The molecule has 0 bridgehead atoms. The third-order valence-corrected chi connectivity index (χ3v) is 3.18. The second-order valence-corrected chi connectivity index (χ2v) is 4.40. The topological polar surface area (TPSA) is 63.3 Å². The van der Waals surface area contributed by atoms with Crippen molar-refractivity contribution in [1.82, 2.24) is 0 Å². The number of carboxylic acid groups (broad SMARTS) is 1. The molecule has 1 aromatic carbocycles. The highest BCUT2D eigenvalue weighted by molar-refractivity contribution is 9.10. The van der Waals surface area contributed by atoms with Crippen LogP contribution in [0.3, 0.4) is 0 Å². The van der Waals surface area contributed by atoms with Gasteiger partial charge >= 0.3 is 5.97 Å². The maximum absolute atomic E-state index is 10.8. The second kappa shape index (κ2) is 3.88. The van der Waals surface area contributed by atoms with Crippen molar-refractivity contribution < 1.29 is 9.90 Å². The second-order valence-electron chi connectivity index (χ2n) is 3.14. The van der Waals surface area contributed by atoms with Crippen LogP contribution in [0.15, 0.2) is 22.7 Å². The van der Waals surface area contributed by atoms with E-state index in [0.29, 0.717) is 15.1 Å². The van der Waals surface area contributed by atoms with Crippen LogP contribution in [-0.2, 0) is 10.3 Å². The van der Waals surface area contributed by atoms with Gasteiger partial charge in [-0.1, -0.05) is 17.7 Å². The third-order valence-electron chi connectivity index (χ3n) is 1.96. The van der Waals surface area contributed by atoms with Crippen LogP contribution in [0.1, 0.15) is 12.5 Å². The van der Waals surface area contributed by atoms with Crippen LogP contribution in [0.25, 0.3) is 0 Å². The summed E-state index contributed by atoms with van der Waals surface area (Å²) in [6.45, 7) is 1.44. The number of rotatable bonds is 2. The summed E-state index contributed by atoms with van der Waals surface area (Å²) in [6, 6.07) is 4.81. The van der Waals surface area contributed by atoms with E-state index in [-0.39, 0.29) is 0 Å². The number of hydrogen-bond donors (Lipinski definition) is 2. The minimum Gasteiger partial charge on any atom is -0.480 e. The van der Waals surface area contributed by atoms with E-state index in [0.717, 1.165) is 0 Å². The number of benzene rings is 1. The van der Waals surface area contributed by atoms with Crippen LogP contribution in [0.5, 0.6) is 0 Å². The standard InChI is InChI=1S/C9H9BrClNO2/c1-9(12,8(13)14)5-2-3-7(11)6(10)4-5/h2-4H,12H2,1H3,(H,13,14)/t9-/m0/s1. The van der Waals surface area contributed by atoms with Crippen LogP contribution >= 0.6 is 27.5 Å². The summed E-state index contributed by atoms with van der Waals surface area (Å²) in [7, 11) is 0. The first-order chi connectivity index (χ1) is 6.35. The van der Waals surface area contributed by atoms with E-state index in [4.69, 9.17) is 22.4 Å². The van der Waals surface area contributed by atoms with Gasteiger partial charge in [0.2, 0.25) is 0 Å². The fraction of sp³-hybridized carbons (Fsp3) is 0.222. The molecule has 5 heteroatoms. The van der Waals surface area contributed by atoms with Crippen molar-refractivity contribution in [1.29, 1.82) is 0 Å². The molecule has 0 heterocycles. The lowest BCUT2D eigenvalue weighted by atomic mass is 9.94. The largest absolute Gasteiger partial charge is 0.480 e. The SMILES string of the molecule is C[C@@](N)(C(=O)O)c1ccc(Cl)c(Br)c1. The van der Waals surface area contributed by atoms with Crippen molar-refractivity contribution in [2.45, 2.75) is 12.5 Å². The summed E-state index contributed by atoms with van der Waals surface area (Å²) in [6.07, 6.45) is 0. The van der Waals surface area contributed by atoms with Crippen LogP contribution in [0, 0.1) is 0 Å². The van der Waals surface area contributed by atoms with E-state index in [1.807, 2.05) is 0 Å². The summed E-state index contributed by atoms with van der Waals surface area (Å²) in [5.74, 6) is -1.08. The number of nitrogens with two attached hydrogens (primary N) is 1. The van der Waals surface area contributed by atoms with E-state index in [1.54, 1.807) is 18.2 Å². The van der Waals surface area contributed by atoms with Crippen molar-refractivity contribution in [2.75, 3.05) is 0 Å². The fourth-order valence-corrected chi connectivity index (χ4v) is 1.44. The molecule has 1 aromatic rings. The van der Waals surface area contributed by atoms with Gasteiger partial charge in [-0.2, -0.15) is 0 Å². The summed E-state index contributed by atoms with van der Waals surface area (Å²) in [5.41, 5.74) is 4.74. The Morgan fingerprint density at radius 3 is 2.64 bits per heavy atom. The molecular weight excluding hydrogens is 269 g/mol. The van der Waals surface area contributed by atoms with Crippen molar-refractivity contribution in [3.63, 3.8) is 0 Å². The van der Waals surface area contributed by atoms with Gasteiger partial charge in [0.15, 0.2) is 0 Å². The van der Waals surface area contributed by atoms with Crippen LogP contribution in [0.4, 0.5) is 0 Å². The zero-order valence-corrected chi connectivity index (χ0v) is 9.76. The third kappa shape index (κ3) is 2.08. The molecule has 3 nitrogen and oxygen atoms in total. The van der Waals surface area contributed by atoms with Gasteiger partial charge in [0.25, 0.3) is 0 Å². The highest BCUT2D eigenvalue weighted by Gasteiger charge is 2.30. The molecular formula is C9H9BrClNO2. The molecule has 0 saturated heterocycles. The summed E-state index contributed by atoms with van der Waals surface area (Å²) >= 11 is 8.98. The lowest BCUT2D eigenvalue weighted by Crippen LogP contribution is -2.41. The lowest BCUT2D eigenvalue weighted by molar-refractivity contribution is -0.143. The van der Waals surface area contributed by atoms with Gasteiger partial charge in [-0.3, -0.25) is 0 Å². The Hall–Kier alpha value is -0.580. The maximum Gasteiger partial charge on any atom is 0.328 e. The average molecular weight is 279 g/mol. The summed E-state index contributed by atoms with van der Waals surface area (Å²) < 4.78 is 0.634. The van der Waals surface area contributed by atoms with Crippen LogP contribution in [-0.4, -0.2) is 11.1 Å². The first kappa shape index (κ1) is 11.5. The van der Waals surface area contributed by atoms with Crippen LogP contribution < -0.4 is 5.73 Å². The molecule has 0 aromatic heterocycles. The van der Waals surface area contributed by atoms with E-state index in [9.17, 15) is 4.79 Å². The molecule has 14 heavy (non-hydrogen) atoms. The molecule has 0 unspecified atom stereocenters. The van der Waals surface area contributed by atoms with Crippen molar-refractivity contribution in [3.05, 3.63) is 33.3 Å². The van der Waals surface area contributed by atoms with Crippen molar-refractivity contribution >= 4 is 33.5 Å². The Morgan fingerprint density at radius 1 is 1.64 bits per heavy atom. The van der Waals surface area contributed by atoms with Gasteiger partial charge in [-0.15, -0.1) is 0 Å². The summed E-state index contributed by atoms with van der Waals surface area (Å²) in [5, 5.41) is 9.40. The Bertz CT molecular complexity index is 379. The molecule has 0 amide bonds. The van der Waals surface area contributed by atoms with Gasteiger partial charge in [-0.05, 0) is 40.5 Å².